The molecule has 2 aliphatic heterocycles. The van der Waals surface area contributed by atoms with Crippen LogP contribution < -0.4 is 10.6 Å². The fraction of sp³-hybridized carbons (Fsp3) is 0.708. The summed E-state index contributed by atoms with van der Waals surface area (Å²) in [6, 6.07) is 1.79. The standard InChI is InChI=1S/C48H69BF2N4O4/c1-29(2)35-17-22-48(43(58)53-26-25-52-41(57)16-13-33-11-12-34-28-37-30(3)27-31(4)54(37)49(50,51)55(33)34)24-23-46(9)36(42(35)48)14-15-39-45(8)20-19-40(59-32(5)56)44(6,7)38(45)18-21-47(39,46)10/h11-12,27-28,35-36,38-40,42H,1,13-26H2,2-10H3,(H,52,57)(H,53,58)/t35-,36+,38-,39+,40-,42+,45-,46+,47+,48-/m0/s1. The van der Waals surface area contributed by atoms with Crippen molar-refractivity contribution in [3.8, 4) is 0 Å². The van der Waals surface area contributed by atoms with E-state index in [0.717, 1.165) is 78.7 Å². The minimum Gasteiger partial charge on any atom is -0.462 e. The van der Waals surface area contributed by atoms with E-state index in [2.05, 4.69) is 58.8 Å². The zero-order valence-electron chi connectivity index (χ0n) is 37.2. The van der Waals surface area contributed by atoms with Gasteiger partial charge in [-0.3, -0.25) is 14.4 Å². The third kappa shape index (κ3) is 6.13. The van der Waals surface area contributed by atoms with Crippen LogP contribution in [0.25, 0.3) is 6.08 Å². The number of aromatic nitrogens is 1. The van der Waals surface area contributed by atoms with E-state index in [1.807, 2.05) is 6.92 Å². The van der Waals surface area contributed by atoms with Gasteiger partial charge in [0.15, 0.2) is 5.70 Å². The van der Waals surface area contributed by atoms with Gasteiger partial charge in [0.25, 0.3) is 0 Å². The molecule has 0 unspecified atom stereocenters. The molecule has 59 heavy (non-hydrogen) atoms. The van der Waals surface area contributed by atoms with Crippen molar-refractivity contribution in [2.24, 2.45) is 56.7 Å². The molecule has 10 atom stereocenters. The number of amides is 2. The van der Waals surface area contributed by atoms with Crippen LogP contribution in [-0.4, -0.2) is 58.6 Å². The fourth-order valence-corrected chi connectivity index (χ4v) is 15.7. The second-order valence-electron chi connectivity index (χ2n) is 21.5. The molecule has 0 radical (unpaired) electrons. The van der Waals surface area contributed by atoms with Crippen LogP contribution in [0, 0.1) is 70.5 Å². The molecule has 322 valence electrons. The lowest BCUT2D eigenvalue weighted by atomic mass is 9.32. The van der Waals surface area contributed by atoms with Crippen LogP contribution in [0.2, 0.25) is 0 Å². The van der Waals surface area contributed by atoms with Gasteiger partial charge in [0, 0.05) is 62.2 Å². The predicted octanol–water partition coefficient (Wildman–Crippen LogP) is 9.31. The molecule has 0 saturated heterocycles. The predicted molar refractivity (Wildman–Crippen MR) is 229 cm³/mol. The van der Waals surface area contributed by atoms with Gasteiger partial charge in [-0.15, -0.1) is 0 Å². The first-order chi connectivity index (χ1) is 27.6. The number of aryl methyl sites for hydroxylation is 2. The molecule has 0 spiro atoms. The van der Waals surface area contributed by atoms with E-state index in [9.17, 15) is 14.4 Å². The fourth-order valence-electron chi connectivity index (χ4n) is 15.7. The Hall–Kier alpha value is -3.50. The molecule has 0 aromatic carbocycles. The van der Waals surface area contributed by atoms with Gasteiger partial charge in [0.2, 0.25) is 11.8 Å². The largest absolute Gasteiger partial charge is 0.737 e. The van der Waals surface area contributed by atoms with Gasteiger partial charge in [-0.1, -0.05) is 46.8 Å². The highest BCUT2D eigenvalue weighted by molar-refractivity contribution is 6.58. The van der Waals surface area contributed by atoms with E-state index in [4.69, 9.17) is 4.74 Å². The van der Waals surface area contributed by atoms with E-state index in [1.165, 1.54) is 5.57 Å². The third-order valence-corrected chi connectivity index (χ3v) is 18.5. The number of hydrogen-bond acceptors (Lipinski definition) is 4. The second kappa shape index (κ2) is 14.3. The number of halogens is 2. The van der Waals surface area contributed by atoms with Crippen LogP contribution in [0.15, 0.2) is 36.1 Å². The molecule has 2 amide bonds. The maximum atomic E-state index is 15.9. The number of fused-ring (bicyclic) bond motifs is 9. The molecule has 5 aliphatic carbocycles. The first kappa shape index (κ1) is 42.2. The normalized spacial score (nSPS) is 38.5. The van der Waals surface area contributed by atoms with Crippen LogP contribution in [-0.2, 0) is 19.1 Å². The van der Waals surface area contributed by atoms with Gasteiger partial charge in [0.1, 0.15) is 11.8 Å². The monoisotopic (exact) mass is 815 g/mol. The lowest BCUT2D eigenvalue weighted by Crippen LogP contribution is -2.67. The van der Waals surface area contributed by atoms with E-state index in [0.29, 0.717) is 53.0 Å². The molecule has 7 aliphatic rings. The summed E-state index contributed by atoms with van der Waals surface area (Å²) in [4.78, 5) is 39.8. The first-order valence-corrected chi connectivity index (χ1v) is 22.8. The summed E-state index contributed by atoms with van der Waals surface area (Å²) in [6.45, 7) is 20.7. The molecular formula is C48H69BF2N4O4. The zero-order chi connectivity index (χ0) is 42.7. The van der Waals surface area contributed by atoms with E-state index < -0.39 is 12.4 Å². The van der Waals surface area contributed by atoms with Crippen LogP contribution in [0.4, 0.5) is 8.63 Å². The number of esters is 1. The molecule has 1 aromatic rings. The van der Waals surface area contributed by atoms with Crippen molar-refractivity contribution in [1.82, 2.24) is 15.1 Å². The van der Waals surface area contributed by atoms with Crippen LogP contribution in [0.3, 0.4) is 0 Å². The third-order valence-electron chi connectivity index (χ3n) is 18.5. The quantitative estimate of drug-likeness (QED) is 0.113. The highest BCUT2D eigenvalue weighted by atomic mass is 19.2. The maximum Gasteiger partial charge on any atom is 0.737 e. The summed E-state index contributed by atoms with van der Waals surface area (Å²) in [5, 5.41) is 6.24. The Morgan fingerprint density at radius 1 is 0.898 bits per heavy atom. The van der Waals surface area contributed by atoms with Crippen molar-refractivity contribution in [2.45, 2.75) is 145 Å². The average Bonchev–Trinajstić information content (AvgIpc) is 3.84. The number of carbonyl (C=O) groups is 3. The SMILES string of the molecule is C=C(C)[C@@H]1CC[C@]2(C(=O)NCCNC(=O)CCC3=[N+]4C(=Cc5c(C)cc(C)n5[B-]4(F)F)C=C3)CC[C@]3(C)[C@H](CC[C@@H]4[C@@]5(C)CC[C@H](OC(C)=O)C(C)(C)[C@@H]5CC[C@]43C)[C@@H]12. The highest BCUT2D eigenvalue weighted by Gasteiger charge is 2.72. The summed E-state index contributed by atoms with van der Waals surface area (Å²) >= 11 is 0. The van der Waals surface area contributed by atoms with Crippen molar-refractivity contribution in [3.05, 3.63) is 53.0 Å². The van der Waals surface area contributed by atoms with Crippen LogP contribution in [0.1, 0.15) is 142 Å². The van der Waals surface area contributed by atoms with E-state index >= 15 is 8.63 Å². The minimum atomic E-state index is -4.07. The Kier molecular flexibility index (Phi) is 10.2. The topological polar surface area (TPSA) is 92.4 Å². The molecule has 11 heteroatoms. The molecule has 3 heterocycles. The molecule has 8 nitrogen and oxygen atoms in total. The summed E-state index contributed by atoms with van der Waals surface area (Å²) in [5.74, 6) is 1.73. The molecule has 0 bridgehead atoms. The number of nitrogens with one attached hydrogen (secondary N) is 2. The Morgan fingerprint density at radius 3 is 2.34 bits per heavy atom. The lowest BCUT2D eigenvalue weighted by molar-refractivity contribution is -0.362. The van der Waals surface area contributed by atoms with Gasteiger partial charge in [-0.25, -0.2) is 0 Å². The Balaban J connectivity index is 0.924. The van der Waals surface area contributed by atoms with Crippen molar-refractivity contribution in [3.63, 3.8) is 0 Å². The number of nitrogens with zero attached hydrogens (tertiary/aromatic N) is 2. The number of allylic oxidation sites excluding steroid dienone is 3. The smallest absolute Gasteiger partial charge is 0.462 e. The molecule has 1 aromatic heterocycles. The lowest BCUT2D eigenvalue weighted by Gasteiger charge is -2.72. The van der Waals surface area contributed by atoms with E-state index in [-0.39, 0.29) is 70.9 Å². The van der Waals surface area contributed by atoms with Gasteiger partial charge in [-0.05, 0) is 148 Å². The number of hydrogen-bond donors (Lipinski definition) is 2. The Morgan fingerprint density at radius 2 is 1.63 bits per heavy atom. The maximum absolute atomic E-state index is 15.9. The average molecular weight is 815 g/mol. The van der Waals surface area contributed by atoms with Gasteiger partial charge in [0.05, 0.1) is 5.41 Å². The van der Waals surface area contributed by atoms with E-state index in [1.54, 1.807) is 38.1 Å². The van der Waals surface area contributed by atoms with Crippen LogP contribution in [0.5, 0.6) is 0 Å². The van der Waals surface area contributed by atoms with Gasteiger partial charge >= 0.3 is 12.9 Å². The zero-order valence-corrected chi connectivity index (χ0v) is 37.2. The van der Waals surface area contributed by atoms with Crippen molar-refractivity contribution in [1.29, 1.82) is 0 Å². The number of rotatable bonds is 9. The molecule has 2 N–H and O–H groups in total. The second-order valence-corrected chi connectivity index (χ2v) is 21.5. The summed E-state index contributed by atoms with van der Waals surface area (Å²) in [5.41, 5.74) is 3.80. The minimum absolute atomic E-state index is 0.0413. The van der Waals surface area contributed by atoms with Crippen molar-refractivity contribution in [2.75, 3.05) is 13.1 Å². The van der Waals surface area contributed by atoms with Crippen molar-refractivity contribution < 1.29 is 32.2 Å². The summed E-state index contributed by atoms with van der Waals surface area (Å²) in [6.07, 6.45) is 15.8. The molecule has 5 saturated carbocycles. The molecule has 8 rings (SSSR count). The summed E-state index contributed by atoms with van der Waals surface area (Å²) in [7, 11) is 0. The Bertz CT molecular complexity index is 2070. The highest BCUT2D eigenvalue weighted by Crippen LogP contribution is 2.77. The molecule has 5 fully saturated rings. The van der Waals surface area contributed by atoms with Crippen LogP contribution >= 0.6 is 0 Å². The summed E-state index contributed by atoms with van der Waals surface area (Å²) < 4.78 is 40.0. The Labute approximate surface area is 351 Å². The van der Waals surface area contributed by atoms with Gasteiger partial charge in [-0.2, -0.15) is 0 Å². The first-order valence-electron chi connectivity index (χ1n) is 22.8. The molecular weight excluding hydrogens is 745 g/mol. The van der Waals surface area contributed by atoms with Crippen molar-refractivity contribution >= 4 is 36.5 Å². The van der Waals surface area contributed by atoms with Gasteiger partial charge < -0.3 is 33.0 Å². The number of carbonyl (C=O) groups excluding carboxylic acids is 3. The number of ether oxygens (including phenoxy) is 1.